The summed E-state index contributed by atoms with van der Waals surface area (Å²) in [6.07, 6.45) is 8.38. The molecule has 4 heterocycles. The number of carbonyl (C=O) groups is 2. The summed E-state index contributed by atoms with van der Waals surface area (Å²) < 4.78 is 1.82. The lowest BCUT2D eigenvalue weighted by Gasteiger charge is -2.18. The first-order valence-corrected chi connectivity index (χ1v) is 13.8. The number of nitrogens with zero attached hydrogens (tertiary/aromatic N) is 6. The predicted octanol–water partition coefficient (Wildman–Crippen LogP) is 5.44. The van der Waals surface area contributed by atoms with Gasteiger partial charge in [-0.25, -0.2) is 9.67 Å². The molecule has 0 radical (unpaired) electrons. The number of benzene rings is 1. The fourth-order valence-corrected chi connectivity index (χ4v) is 6.23. The van der Waals surface area contributed by atoms with Gasteiger partial charge < -0.3 is 10.2 Å². The minimum Gasteiger partial charge on any atom is -0.337 e. The molecule has 1 N–H and O–H groups in total. The molecule has 1 aliphatic carbocycles. The van der Waals surface area contributed by atoms with Crippen molar-refractivity contribution >= 4 is 39.9 Å². The van der Waals surface area contributed by atoms with Crippen molar-refractivity contribution in [1.82, 2.24) is 29.6 Å². The number of aryl methyl sites for hydroxylation is 1. The van der Waals surface area contributed by atoms with Crippen molar-refractivity contribution in [3.8, 4) is 27.5 Å². The lowest BCUT2D eigenvalue weighted by atomic mass is 9.95. The number of halogens is 1. The number of nitrogens with one attached hydrogen (secondary N) is 1. The number of pyridine rings is 2. The Labute approximate surface area is 239 Å². The molecule has 0 bridgehead atoms. The molecule has 2 amide bonds. The molecule has 0 atom stereocenters. The van der Waals surface area contributed by atoms with Crippen LogP contribution in [0.2, 0.25) is 5.02 Å². The first-order valence-electron chi connectivity index (χ1n) is 12.6. The van der Waals surface area contributed by atoms with Gasteiger partial charge in [-0.2, -0.15) is 5.10 Å². The van der Waals surface area contributed by atoms with Gasteiger partial charge in [0.2, 0.25) is 5.91 Å². The molecule has 0 fully saturated rings. The Kier molecular flexibility index (Phi) is 6.87. The molecule has 5 aromatic rings. The van der Waals surface area contributed by atoms with Gasteiger partial charge in [0.1, 0.15) is 0 Å². The maximum absolute atomic E-state index is 13.2. The van der Waals surface area contributed by atoms with Crippen LogP contribution in [0, 0.1) is 0 Å². The third-order valence-corrected chi connectivity index (χ3v) is 7.99. The summed E-state index contributed by atoms with van der Waals surface area (Å²) in [5.41, 5.74) is 6.66. The van der Waals surface area contributed by atoms with Gasteiger partial charge in [0.15, 0.2) is 5.13 Å². The highest BCUT2D eigenvalue weighted by Gasteiger charge is 2.30. The Hall–Kier alpha value is -4.41. The van der Waals surface area contributed by atoms with E-state index >= 15 is 0 Å². The number of amides is 2. The third-order valence-electron chi connectivity index (χ3n) is 6.66. The van der Waals surface area contributed by atoms with Gasteiger partial charge in [-0.1, -0.05) is 22.9 Å². The monoisotopic (exact) mass is 569 g/mol. The van der Waals surface area contributed by atoms with Crippen LogP contribution >= 0.6 is 22.9 Å². The summed E-state index contributed by atoms with van der Waals surface area (Å²) in [6, 6.07) is 12.9. The summed E-state index contributed by atoms with van der Waals surface area (Å²) in [5.74, 6) is -0.318. The SMILES string of the molecule is CC(=O)Nc1nc2c(s1)-c1c(c(-c3cccnc3)nn1-c1ccc(C(=O)N(C)Cc3ccncc3)cc1Cl)CC2. The topological polar surface area (TPSA) is 106 Å². The average molecular weight is 570 g/mol. The van der Waals surface area contributed by atoms with E-state index in [4.69, 9.17) is 16.7 Å². The highest BCUT2D eigenvalue weighted by molar-refractivity contribution is 7.19. The van der Waals surface area contributed by atoms with Crippen LogP contribution in [0.5, 0.6) is 0 Å². The van der Waals surface area contributed by atoms with Gasteiger partial charge in [-0.05, 0) is 60.9 Å². The van der Waals surface area contributed by atoms with Crippen molar-refractivity contribution < 1.29 is 9.59 Å². The quantitative estimate of drug-likeness (QED) is 0.292. The van der Waals surface area contributed by atoms with Crippen LogP contribution in [-0.4, -0.2) is 48.5 Å². The maximum atomic E-state index is 13.2. The summed E-state index contributed by atoms with van der Waals surface area (Å²) in [7, 11) is 1.76. The summed E-state index contributed by atoms with van der Waals surface area (Å²) >= 11 is 8.26. The molecule has 11 heteroatoms. The first-order chi connectivity index (χ1) is 19.4. The van der Waals surface area contributed by atoms with Crippen molar-refractivity contribution in [2.75, 3.05) is 12.4 Å². The lowest BCUT2D eigenvalue weighted by molar-refractivity contribution is -0.114. The van der Waals surface area contributed by atoms with E-state index in [0.29, 0.717) is 27.9 Å². The van der Waals surface area contributed by atoms with Crippen LogP contribution in [0.3, 0.4) is 0 Å². The Morgan fingerprint density at radius 3 is 2.65 bits per heavy atom. The highest BCUT2D eigenvalue weighted by Crippen LogP contribution is 2.44. The van der Waals surface area contributed by atoms with E-state index in [0.717, 1.165) is 51.5 Å². The average Bonchev–Trinajstić information content (AvgIpc) is 3.54. The highest BCUT2D eigenvalue weighted by atomic mass is 35.5. The molecule has 0 spiro atoms. The van der Waals surface area contributed by atoms with Crippen molar-refractivity contribution in [1.29, 1.82) is 0 Å². The summed E-state index contributed by atoms with van der Waals surface area (Å²) in [4.78, 5) is 40.5. The van der Waals surface area contributed by atoms with Crippen LogP contribution in [0.15, 0.2) is 67.3 Å². The second-order valence-corrected chi connectivity index (χ2v) is 10.9. The smallest absolute Gasteiger partial charge is 0.253 e. The molecule has 0 aliphatic heterocycles. The summed E-state index contributed by atoms with van der Waals surface area (Å²) in [6.45, 7) is 1.92. The van der Waals surface area contributed by atoms with Crippen LogP contribution < -0.4 is 5.32 Å². The maximum Gasteiger partial charge on any atom is 0.253 e. The number of thiazole rings is 1. The zero-order valence-corrected chi connectivity index (χ0v) is 23.3. The van der Waals surface area contributed by atoms with Gasteiger partial charge in [0.05, 0.1) is 32.7 Å². The number of fused-ring (bicyclic) bond motifs is 3. The molecule has 0 unspecified atom stereocenters. The van der Waals surface area contributed by atoms with Crippen molar-refractivity contribution in [2.45, 2.75) is 26.3 Å². The normalized spacial score (nSPS) is 12.0. The van der Waals surface area contributed by atoms with Gasteiger partial charge in [0.25, 0.3) is 5.91 Å². The molecule has 200 valence electrons. The molecule has 40 heavy (non-hydrogen) atoms. The first kappa shape index (κ1) is 25.8. The number of aromatic nitrogens is 5. The van der Waals surface area contributed by atoms with Crippen LogP contribution in [-0.2, 0) is 24.2 Å². The Bertz CT molecular complexity index is 1730. The Morgan fingerprint density at radius 1 is 1.10 bits per heavy atom. The Balaban J connectivity index is 1.41. The van der Waals surface area contributed by atoms with Gasteiger partial charge in [0, 0.05) is 62.0 Å². The zero-order chi connectivity index (χ0) is 27.8. The van der Waals surface area contributed by atoms with Crippen molar-refractivity contribution in [3.05, 3.63) is 94.7 Å². The molecule has 4 aromatic heterocycles. The fraction of sp³-hybridized carbons (Fsp3) is 0.172. The second-order valence-electron chi connectivity index (χ2n) is 9.49. The number of carbonyl (C=O) groups excluding carboxylic acids is 2. The minimum atomic E-state index is -0.173. The standard InChI is InChI=1S/C29H24ClN7O2S/c1-17(38)33-29-34-23-7-6-21-25(20-4-3-11-32-15-20)35-37(26(21)27(23)40-29)24-8-5-19(14-22(24)30)28(39)36(2)16-18-9-12-31-13-10-18/h3-5,8-15H,6-7,16H2,1-2H3,(H,33,34,38). The van der Waals surface area contributed by atoms with Crippen molar-refractivity contribution in [2.24, 2.45) is 0 Å². The molecule has 1 aromatic carbocycles. The third kappa shape index (κ3) is 4.87. The molecular weight excluding hydrogens is 546 g/mol. The number of rotatable bonds is 6. The van der Waals surface area contributed by atoms with Gasteiger partial charge >= 0.3 is 0 Å². The van der Waals surface area contributed by atoms with E-state index in [9.17, 15) is 9.59 Å². The molecule has 1 aliphatic rings. The molecular formula is C29H24ClN7O2S. The predicted molar refractivity (Wildman–Crippen MR) is 155 cm³/mol. The van der Waals surface area contributed by atoms with Gasteiger partial charge in [-0.3, -0.25) is 19.6 Å². The fourth-order valence-electron chi connectivity index (χ4n) is 4.85. The Morgan fingerprint density at radius 2 is 1.93 bits per heavy atom. The van der Waals surface area contributed by atoms with Crippen LogP contribution in [0.25, 0.3) is 27.5 Å². The van der Waals surface area contributed by atoms with E-state index in [1.807, 2.05) is 35.0 Å². The van der Waals surface area contributed by atoms with E-state index in [-0.39, 0.29) is 11.8 Å². The van der Waals surface area contributed by atoms with Crippen LogP contribution in [0.1, 0.15) is 34.1 Å². The molecule has 0 saturated heterocycles. The zero-order valence-electron chi connectivity index (χ0n) is 21.8. The van der Waals surface area contributed by atoms with Crippen LogP contribution in [0.4, 0.5) is 5.13 Å². The van der Waals surface area contributed by atoms with E-state index in [1.165, 1.54) is 18.3 Å². The largest absolute Gasteiger partial charge is 0.337 e. The van der Waals surface area contributed by atoms with E-state index in [1.54, 1.807) is 48.9 Å². The number of anilines is 1. The van der Waals surface area contributed by atoms with E-state index < -0.39 is 0 Å². The minimum absolute atomic E-state index is 0.145. The molecule has 6 rings (SSSR count). The van der Waals surface area contributed by atoms with E-state index in [2.05, 4.69) is 20.3 Å². The van der Waals surface area contributed by atoms with Crippen molar-refractivity contribution in [3.63, 3.8) is 0 Å². The number of hydrogen-bond donors (Lipinski definition) is 1. The number of hydrogen-bond acceptors (Lipinski definition) is 7. The lowest BCUT2D eigenvalue weighted by Crippen LogP contribution is -2.26. The second kappa shape index (κ2) is 10.6. The molecule has 9 nitrogen and oxygen atoms in total. The molecule has 0 saturated carbocycles. The summed E-state index contributed by atoms with van der Waals surface area (Å²) in [5, 5.41) is 8.76. The van der Waals surface area contributed by atoms with Gasteiger partial charge in [-0.15, -0.1) is 0 Å².